The second-order valence-corrected chi connectivity index (χ2v) is 7.28. The lowest BCUT2D eigenvalue weighted by Gasteiger charge is -2.32. The van der Waals surface area contributed by atoms with E-state index < -0.39 is 85.1 Å². The van der Waals surface area contributed by atoms with Crippen LogP contribution in [-0.2, 0) is 6.50 Å². The van der Waals surface area contributed by atoms with Crippen molar-refractivity contribution in [3.8, 4) is 6.07 Å². The maximum Gasteiger partial charge on any atom is 0.162 e. The van der Waals surface area contributed by atoms with Gasteiger partial charge in [0, 0.05) is 33.7 Å². The molecule has 1 aromatic carbocycles. The van der Waals surface area contributed by atoms with Gasteiger partial charge in [-0.15, -0.1) is 11.3 Å². The Balaban J connectivity index is 1.86. The fraction of sp³-hybridized carbons (Fsp3) is 0.350. The van der Waals surface area contributed by atoms with Gasteiger partial charge >= 0.3 is 0 Å². The Morgan fingerprint density at radius 3 is 3.07 bits per heavy atom. The molecule has 0 amide bonds. The molecule has 1 N–H and O–H groups in total. The average molecular weight is 428 g/mol. The third kappa shape index (κ3) is 3.95. The molecular weight excluding hydrogens is 397 g/mol. The number of thiophene rings is 1. The van der Waals surface area contributed by atoms with Gasteiger partial charge in [0.2, 0.25) is 0 Å². The third-order valence-electron chi connectivity index (χ3n) is 3.75. The molecule has 1 aliphatic rings. The Morgan fingerprint density at radius 2 is 2.32 bits per heavy atom. The van der Waals surface area contributed by atoms with E-state index in [0.717, 1.165) is 18.3 Å². The van der Waals surface area contributed by atoms with Crippen molar-refractivity contribution >= 4 is 39.0 Å². The minimum atomic E-state index is -3.30. The van der Waals surface area contributed by atoms with Crippen LogP contribution in [0.4, 0.5) is 10.2 Å². The lowest BCUT2D eigenvalue weighted by Crippen LogP contribution is -2.38. The zero-order valence-corrected chi connectivity index (χ0v) is 15.9. The lowest BCUT2D eigenvalue weighted by molar-refractivity contribution is 0.211. The smallest absolute Gasteiger partial charge is 0.162 e. The number of nitrogens with zero attached hydrogens (tertiary/aromatic N) is 4. The van der Waals surface area contributed by atoms with Crippen LogP contribution in [0.1, 0.15) is 44.6 Å². The summed E-state index contributed by atoms with van der Waals surface area (Å²) in [6, 6.07) is -3.26. The van der Waals surface area contributed by atoms with Crippen molar-refractivity contribution in [3.05, 3.63) is 51.3 Å². The quantitative estimate of drug-likeness (QED) is 0.651. The topological polar surface area (TPSA) is 64.8 Å². The summed E-state index contributed by atoms with van der Waals surface area (Å²) in [5.74, 6) is -1.68. The van der Waals surface area contributed by atoms with Gasteiger partial charge in [-0.2, -0.15) is 5.26 Å². The van der Waals surface area contributed by atoms with E-state index in [4.69, 9.17) is 28.1 Å². The van der Waals surface area contributed by atoms with E-state index in [2.05, 4.69) is 9.97 Å². The summed E-state index contributed by atoms with van der Waals surface area (Å²) in [4.78, 5) is 7.81. The predicted octanol–water partition coefficient (Wildman–Crippen LogP) is 4.74. The highest BCUT2D eigenvalue weighted by atomic mass is 35.5. The minimum absolute atomic E-state index is 0.0408. The van der Waals surface area contributed by atoms with E-state index in [-0.39, 0.29) is 25.5 Å². The summed E-state index contributed by atoms with van der Waals surface area (Å²) < 4.78 is 117. The average Bonchev–Trinajstić information content (AvgIpc) is 3.07. The van der Waals surface area contributed by atoms with Gasteiger partial charge in [0.15, 0.2) is 1.41 Å². The van der Waals surface area contributed by atoms with Crippen LogP contribution >= 0.6 is 22.9 Å². The van der Waals surface area contributed by atoms with E-state index in [1.165, 1.54) is 6.07 Å². The van der Waals surface area contributed by atoms with E-state index in [1.54, 1.807) is 0 Å². The molecule has 8 heteroatoms. The number of benzene rings is 1. The standard InChI is InChI=1S/C20H19ClFN5S/c1-12-6-13(7-14(9-23)18(12)22)10-27-4-2-15(3-5-27)26-19-16-8-17(21)28-20(16)25-11-24-19/h6-8,11,15H,2-5,10H2,1H3,(H,24,25,26)/i4D2,5D2,6D,7D,8D,10D2,11D,15D/hD. The number of nitrogens with one attached hydrogen (secondary N) is 1. The minimum Gasteiger partial charge on any atom is -0.367 e. The number of anilines is 1. The monoisotopic (exact) mass is 427 g/mol. The van der Waals surface area contributed by atoms with Gasteiger partial charge in [-0.3, -0.25) is 4.90 Å². The number of nitriles is 1. The van der Waals surface area contributed by atoms with Crippen LogP contribution in [0.5, 0.6) is 0 Å². The molecular formula is C20H19ClFN5S. The van der Waals surface area contributed by atoms with Crippen molar-refractivity contribution in [1.82, 2.24) is 14.9 Å². The van der Waals surface area contributed by atoms with Crippen molar-refractivity contribution in [2.75, 3.05) is 18.3 Å². The molecule has 3 aromatic rings. The summed E-state index contributed by atoms with van der Waals surface area (Å²) in [5, 5.41) is 9.57. The van der Waals surface area contributed by atoms with E-state index >= 15 is 0 Å². The Morgan fingerprint density at radius 1 is 1.54 bits per heavy atom. The third-order valence-corrected chi connectivity index (χ3v) is 4.84. The molecule has 4 rings (SSSR count). The molecule has 0 spiro atoms. The number of hydrogen-bond donors (Lipinski definition) is 1. The first-order chi connectivity index (χ1) is 18.2. The number of fused-ring (bicyclic) bond motifs is 1. The van der Waals surface area contributed by atoms with Crippen LogP contribution in [0.25, 0.3) is 10.2 Å². The summed E-state index contributed by atoms with van der Waals surface area (Å²) in [6.07, 6.45) is -2.68. The van der Waals surface area contributed by atoms with Gasteiger partial charge in [-0.25, -0.2) is 14.4 Å². The largest absolute Gasteiger partial charge is 0.367 e. The molecule has 0 unspecified atom stereocenters. The molecule has 1 aliphatic heterocycles. The van der Waals surface area contributed by atoms with Crippen LogP contribution < -0.4 is 5.31 Å². The number of aromatic nitrogens is 2. The molecule has 0 saturated carbocycles. The van der Waals surface area contributed by atoms with Crippen LogP contribution in [0.3, 0.4) is 0 Å². The van der Waals surface area contributed by atoms with Crippen molar-refractivity contribution < 1.29 is 20.9 Å². The zero-order chi connectivity index (χ0) is 30.3. The Labute approximate surface area is 188 Å². The molecule has 0 bridgehead atoms. The zero-order valence-electron chi connectivity index (χ0n) is 26.3. The SMILES string of the molecule is [2H]c1nc(N([2H])C2([2H])CC([2H])([2H])N(C([2H])([2H])c3c([2H])c(C)c(F)c(C#N)c3[2H])C([2H])([2H])C2)c2c([2H])c(Cl)sc2n1. The van der Waals surface area contributed by atoms with Crippen molar-refractivity contribution in [2.24, 2.45) is 0 Å². The fourth-order valence-electron chi connectivity index (χ4n) is 2.45. The first-order valence-electron chi connectivity index (χ1n) is 13.9. The highest BCUT2D eigenvalue weighted by Crippen LogP contribution is 2.32. The highest BCUT2D eigenvalue weighted by Gasteiger charge is 2.21. The number of rotatable bonds is 4. The number of hydrogen-bond acceptors (Lipinski definition) is 6. The van der Waals surface area contributed by atoms with Gasteiger partial charge in [-0.1, -0.05) is 17.6 Å². The van der Waals surface area contributed by atoms with E-state index in [9.17, 15) is 9.65 Å². The fourth-order valence-corrected chi connectivity index (χ4v) is 3.42. The summed E-state index contributed by atoms with van der Waals surface area (Å²) in [5.41, 5.74) is -2.31. The van der Waals surface area contributed by atoms with Gasteiger partial charge in [0.05, 0.1) is 20.8 Å². The van der Waals surface area contributed by atoms with Crippen LogP contribution in [0, 0.1) is 24.1 Å². The summed E-state index contributed by atoms with van der Waals surface area (Å²) in [6.45, 7) is -8.38. The Kier molecular flexibility index (Phi) is 2.71. The maximum absolute atomic E-state index is 14.5. The molecule has 1 fully saturated rings. The molecule has 28 heavy (non-hydrogen) atoms. The van der Waals surface area contributed by atoms with Gasteiger partial charge in [0.25, 0.3) is 0 Å². The molecule has 144 valence electrons. The second-order valence-electron chi connectivity index (χ2n) is 5.67. The predicted molar refractivity (Wildman–Crippen MR) is 110 cm³/mol. The van der Waals surface area contributed by atoms with Crippen LogP contribution in [-0.4, -0.2) is 33.9 Å². The van der Waals surface area contributed by atoms with Gasteiger partial charge in [-0.05, 0) is 43.0 Å². The molecule has 0 aliphatic carbocycles. The number of halogens is 2. The summed E-state index contributed by atoms with van der Waals surface area (Å²) in [7, 11) is 0. The van der Waals surface area contributed by atoms with Crippen LogP contribution in [0.2, 0.25) is 5.75 Å². The normalized spacial score (nSPS) is 27.1. The molecule has 0 atom stereocenters. The summed E-state index contributed by atoms with van der Waals surface area (Å²) >= 11 is 6.84. The molecule has 3 heterocycles. The second kappa shape index (κ2) is 8.00. The maximum atomic E-state index is 14.5. The highest BCUT2D eigenvalue weighted by molar-refractivity contribution is 7.22. The van der Waals surface area contributed by atoms with Crippen LogP contribution in [0.15, 0.2) is 24.4 Å². The molecule has 2 aromatic heterocycles. The first-order valence-corrected chi connectivity index (χ1v) is 9.13. The molecule has 0 radical (unpaired) electrons. The van der Waals surface area contributed by atoms with E-state index in [0.29, 0.717) is 5.31 Å². The van der Waals surface area contributed by atoms with Gasteiger partial charge < -0.3 is 5.31 Å². The number of piperidine rings is 1. The molecule has 1 saturated heterocycles. The Hall–Kier alpha value is -2.27. The van der Waals surface area contributed by atoms with Crippen molar-refractivity contribution in [2.45, 2.75) is 32.3 Å². The first kappa shape index (κ1) is 9.49. The molecule has 5 nitrogen and oxygen atoms in total. The van der Waals surface area contributed by atoms with E-state index in [1.807, 2.05) is 0 Å². The van der Waals surface area contributed by atoms with Gasteiger partial charge in [0.1, 0.15) is 30.2 Å². The number of likely N-dealkylation sites (tertiary alicyclic amines) is 1. The van der Waals surface area contributed by atoms with Crippen molar-refractivity contribution in [1.29, 1.82) is 5.26 Å². The lowest BCUT2D eigenvalue weighted by atomic mass is 10.0. The van der Waals surface area contributed by atoms with Crippen molar-refractivity contribution in [3.63, 3.8) is 0 Å². The Bertz CT molecular complexity index is 1570.